The summed E-state index contributed by atoms with van der Waals surface area (Å²) in [6.45, 7) is 5.18. The highest BCUT2D eigenvalue weighted by Gasteiger charge is 2.16. The van der Waals surface area contributed by atoms with Gasteiger partial charge in [-0.25, -0.2) is 0 Å². The van der Waals surface area contributed by atoms with Crippen molar-refractivity contribution in [1.29, 1.82) is 0 Å². The Balaban J connectivity index is 2.37. The lowest BCUT2D eigenvalue weighted by Gasteiger charge is -2.09. The van der Waals surface area contributed by atoms with E-state index < -0.39 is 5.91 Å². The van der Waals surface area contributed by atoms with E-state index in [1.807, 2.05) is 25.1 Å². The Kier molecular flexibility index (Phi) is 3.51. The summed E-state index contributed by atoms with van der Waals surface area (Å²) >= 11 is 0. The summed E-state index contributed by atoms with van der Waals surface area (Å²) in [5, 5.41) is 2.73. The van der Waals surface area contributed by atoms with Gasteiger partial charge in [-0.3, -0.25) is 9.59 Å². The Morgan fingerprint density at radius 2 is 1.84 bits per heavy atom. The molecule has 1 heterocycles. The number of hydrogen-bond donors (Lipinski definition) is 1. The Bertz CT molecular complexity index is 686. The predicted molar refractivity (Wildman–Crippen MR) is 73.6 cm³/mol. The highest BCUT2D eigenvalue weighted by Crippen LogP contribution is 2.15. The van der Waals surface area contributed by atoms with Crippen LogP contribution in [0.25, 0.3) is 0 Å². The van der Waals surface area contributed by atoms with E-state index in [0.717, 1.165) is 5.56 Å². The number of aryl methyl sites for hydroxylation is 3. The molecule has 0 fully saturated rings. The fraction of sp³-hybridized carbons (Fsp3) is 0.200. The summed E-state index contributed by atoms with van der Waals surface area (Å²) in [6, 6.07) is 8.71. The van der Waals surface area contributed by atoms with E-state index in [1.165, 1.54) is 6.07 Å². The van der Waals surface area contributed by atoms with Crippen LogP contribution in [0.2, 0.25) is 0 Å². The predicted octanol–water partition coefficient (Wildman–Crippen LogP) is 2.82. The van der Waals surface area contributed by atoms with Gasteiger partial charge in [-0.2, -0.15) is 0 Å². The average molecular weight is 257 g/mol. The molecule has 2 aromatic rings. The van der Waals surface area contributed by atoms with Crippen molar-refractivity contribution in [2.75, 3.05) is 5.32 Å². The minimum Gasteiger partial charge on any atom is -0.466 e. The van der Waals surface area contributed by atoms with Gasteiger partial charge < -0.3 is 9.73 Å². The molecule has 1 N–H and O–H groups in total. The minimum atomic E-state index is -0.444. The van der Waals surface area contributed by atoms with Crippen LogP contribution in [0.1, 0.15) is 27.4 Å². The molecule has 0 aliphatic rings. The molecule has 1 aromatic heterocycles. The second-order valence-electron chi connectivity index (χ2n) is 4.42. The molecule has 4 heteroatoms. The monoisotopic (exact) mass is 257 g/mol. The van der Waals surface area contributed by atoms with Crippen LogP contribution in [0, 0.1) is 20.8 Å². The zero-order valence-electron chi connectivity index (χ0n) is 11.1. The molecule has 2 rings (SSSR count). The Labute approximate surface area is 111 Å². The van der Waals surface area contributed by atoms with Crippen LogP contribution >= 0.6 is 0 Å². The fourth-order valence-electron chi connectivity index (χ4n) is 1.92. The number of carbonyl (C=O) groups excluding carboxylic acids is 1. The molecule has 1 amide bonds. The zero-order chi connectivity index (χ0) is 14.0. The van der Waals surface area contributed by atoms with Crippen molar-refractivity contribution in [2.45, 2.75) is 20.8 Å². The normalized spacial score (nSPS) is 10.3. The fourth-order valence-corrected chi connectivity index (χ4v) is 1.92. The quantitative estimate of drug-likeness (QED) is 0.899. The summed E-state index contributed by atoms with van der Waals surface area (Å²) in [5.74, 6) is 0.381. The van der Waals surface area contributed by atoms with Gasteiger partial charge in [0.2, 0.25) is 0 Å². The molecule has 0 saturated carbocycles. The van der Waals surface area contributed by atoms with Gasteiger partial charge in [0.1, 0.15) is 17.1 Å². The molecule has 4 nitrogen and oxygen atoms in total. The molecule has 0 unspecified atom stereocenters. The Morgan fingerprint density at radius 3 is 2.47 bits per heavy atom. The molecule has 0 atom stereocenters. The summed E-state index contributed by atoms with van der Waals surface area (Å²) in [6.07, 6.45) is 0. The number of para-hydroxylation sites is 1. The first-order valence-corrected chi connectivity index (χ1v) is 5.97. The zero-order valence-corrected chi connectivity index (χ0v) is 11.1. The number of rotatable bonds is 2. The topological polar surface area (TPSA) is 59.3 Å². The third-order valence-electron chi connectivity index (χ3n) is 2.87. The van der Waals surface area contributed by atoms with E-state index in [-0.39, 0.29) is 11.0 Å². The number of hydrogen-bond acceptors (Lipinski definition) is 3. The number of carbonyl (C=O) groups is 1. The maximum absolute atomic E-state index is 12.1. The minimum absolute atomic E-state index is 0.0499. The first-order chi connectivity index (χ1) is 8.99. The van der Waals surface area contributed by atoms with Gasteiger partial charge >= 0.3 is 0 Å². The van der Waals surface area contributed by atoms with E-state index in [4.69, 9.17) is 4.42 Å². The van der Waals surface area contributed by atoms with Crippen LogP contribution in [0.5, 0.6) is 0 Å². The molecule has 98 valence electrons. The van der Waals surface area contributed by atoms with Crippen LogP contribution in [-0.4, -0.2) is 5.91 Å². The Hall–Kier alpha value is -2.36. The van der Waals surface area contributed by atoms with Crippen molar-refractivity contribution in [3.63, 3.8) is 0 Å². The van der Waals surface area contributed by atoms with Crippen molar-refractivity contribution in [3.8, 4) is 0 Å². The standard InChI is InChI=1S/C15H15NO3/c1-9-6-4-5-7-12(9)16-15(18)14-11(3)19-10(2)8-13(14)17/h4-8H,1-3H3,(H,16,18). The van der Waals surface area contributed by atoms with Crippen molar-refractivity contribution < 1.29 is 9.21 Å². The molecule has 0 aliphatic heterocycles. The number of anilines is 1. The van der Waals surface area contributed by atoms with Gasteiger partial charge in [0.15, 0.2) is 5.43 Å². The van der Waals surface area contributed by atoms with Gasteiger partial charge in [0, 0.05) is 11.8 Å². The highest BCUT2D eigenvalue weighted by atomic mass is 16.3. The van der Waals surface area contributed by atoms with E-state index in [2.05, 4.69) is 5.32 Å². The van der Waals surface area contributed by atoms with Gasteiger partial charge in [-0.05, 0) is 32.4 Å². The van der Waals surface area contributed by atoms with E-state index in [1.54, 1.807) is 19.9 Å². The molecule has 0 bridgehead atoms. The smallest absolute Gasteiger partial charge is 0.263 e. The second-order valence-corrected chi connectivity index (χ2v) is 4.42. The lowest BCUT2D eigenvalue weighted by molar-refractivity contribution is 0.102. The van der Waals surface area contributed by atoms with E-state index in [0.29, 0.717) is 17.2 Å². The number of nitrogens with one attached hydrogen (secondary N) is 1. The molecule has 0 spiro atoms. The Morgan fingerprint density at radius 1 is 1.16 bits per heavy atom. The van der Waals surface area contributed by atoms with Gasteiger partial charge in [0.25, 0.3) is 5.91 Å². The van der Waals surface area contributed by atoms with Crippen LogP contribution < -0.4 is 10.7 Å². The molecular weight excluding hydrogens is 242 g/mol. The maximum Gasteiger partial charge on any atom is 0.263 e. The molecule has 0 radical (unpaired) electrons. The summed E-state index contributed by atoms with van der Waals surface area (Å²) in [5.41, 5.74) is 1.35. The molecule has 19 heavy (non-hydrogen) atoms. The average Bonchev–Trinajstić information content (AvgIpc) is 2.30. The second kappa shape index (κ2) is 5.10. The van der Waals surface area contributed by atoms with Gasteiger partial charge in [-0.15, -0.1) is 0 Å². The first-order valence-electron chi connectivity index (χ1n) is 5.97. The SMILES string of the molecule is Cc1cc(=O)c(C(=O)Nc2ccccc2C)c(C)o1. The first kappa shape index (κ1) is 13.1. The third kappa shape index (κ3) is 2.73. The number of benzene rings is 1. The van der Waals surface area contributed by atoms with Gasteiger partial charge in [0.05, 0.1) is 0 Å². The van der Waals surface area contributed by atoms with Crippen molar-refractivity contribution in [3.05, 3.63) is 63.2 Å². The largest absolute Gasteiger partial charge is 0.466 e. The van der Waals surface area contributed by atoms with Crippen molar-refractivity contribution in [2.24, 2.45) is 0 Å². The van der Waals surface area contributed by atoms with Crippen LogP contribution in [0.3, 0.4) is 0 Å². The third-order valence-corrected chi connectivity index (χ3v) is 2.87. The lowest BCUT2D eigenvalue weighted by Crippen LogP contribution is -2.23. The van der Waals surface area contributed by atoms with Crippen molar-refractivity contribution in [1.82, 2.24) is 0 Å². The molecular formula is C15H15NO3. The summed E-state index contributed by atoms with van der Waals surface area (Å²) in [4.78, 5) is 24.0. The summed E-state index contributed by atoms with van der Waals surface area (Å²) in [7, 11) is 0. The van der Waals surface area contributed by atoms with Crippen molar-refractivity contribution >= 4 is 11.6 Å². The van der Waals surface area contributed by atoms with Crippen LogP contribution in [-0.2, 0) is 0 Å². The maximum atomic E-state index is 12.1. The highest BCUT2D eigenvalue weighted by molar-refractivity contribution is 6.05. The molecule has 1 aromatic carbocycles. The van der Waals surface area contributed by atoms with E-state index >= 15 is 0 Å². The number of amides is 1. The van der Waals surface area contributed by atoms with Crippen LogP contribution in [0.15, 0.2) is 39.5 Å². The van der Waals surface area contributed by atoms with Gasteiger partial charge in [-0.1, -0.05) is 18.2 Å². The van der Waals surface area contributed by atoms with E-state index in [9.17, 15) is 9.59 Å². The van der Waals surface area contributed by atoms with Crippen LogP contribution in [0.4, 0.5) is 5.69 Å². The lowest BCUT2D eigenvalue weighted by atomic mass is 10.1. The summed E-state index contributed by atoms with van der Waals surface area (Å²) < 4.78 is 5.32. The molecule has 0 saturated heterocycles. The molecule has 0 aliphatic carbocycles.